The van der Waals surface area contributed by atoms with Crippen LogP contribution in [0.2, 0.25) is 0 Å². The van der Waals surface area contributed by atoms with Gasteiger partial charge in [0.25, 0.3) is 5.56 Å². The first-order valence-corrected chi connectivity index (χ1v) is 13.0. The summed E-state index contributed by atoms with van der Waals surface area (Å²) in [5, 5.41) is 4.20. The lowest BCUT2D eigenvalue weighted by atomic mass is 9.97. The molecule has 1 amide bonds. The Bertz CT molecular complexity index is 1360. The highest BCUT2D eigenvalue weighted by atomic mass is 32.2. The van der Waals surface area contributed by atoms with Crippen molar-refractivity contribution in [2.24, 2.45) is 0 Å². The summed E-state index contributed by atoms with van der Waals surface area (Å²) in [5.41, 5.74) is 2.09. The van der Waals surface area contributed by atoms with Crippen LogP contribution in [0.25, 0.3) is 10.2 Å². The van der Waals surface area contributed by atoms with E-state index in [4.69, 9.17) is 14.1 Å². The van der Waals surface area contributed by atoms with Gasteiger partial charge in [-0.15, -0.1) is 11.3 Å². The molecule has 9 heteroatoms. The van der Waals surface area contributed by atoms with Gasteiger partial charge in [0.2, 0.25) is 5.91 Å². The van der Waals surface area contributed by atoms with Gasteiger partial charge in [-0.2, -0.15) is 0 Å². The molecule has 1 N–H and O–H groups in total. The number of aromatic nitrogens is 2. The minimum atomic E-state index is -0.120. The van der Waals surface area contributed by atoms with Crippen molar-refractivity contribution >= 4 is 39.2 Å². The van der Waals surface area contributed by atoms with Crippen molar-refractivity contribution in [2.45, 2.75) is 43.9 Å². The second-order valence-electron chi connectivity index (χ2n) is 8.17. The topological polar surface area (TPSA) is 86.4 Å². The minimum Gasteiger partial charge on any atom is -0.497 e. The molecule has 0 fully saturated rings. The third-order valence-corrected chi connectivity index (χ3v) is 8.08. The van der Waals surface area contributed by atoms with Gasteiger partial charge in [-0.3, -0.25) is 14.2 Å². The van der Waals surface area contributed by atoms with E-state index in [0.717, 1.165) is 52.8 Å². The normalized spacial score (nSPS) is 13.1. The third kappa shape index (κ3) is 4.76. The first kappa shape index (κ1) is 22.7. The molecule has 1 aromatic carbocycles. The van der Waals surface area contributed by atoms with Gasteiger partial charge in [-0.25, -0.2) is 4.98 Å². The molecule has 0 atom stereocenters. The van der Waals surface area contributed by atoms with E-state index < -0.39 is 0 Å². The first-order valence-electron chi connectivity index (χ1n) is 11.2. The lowest BCUT2D eigenvalue weighted by Crippen LogP contribution is -2.27. The lowest BCUT2D eigenvalue weighted by Gasteiger charge is -2.13. The van der Waals surface area contributed by atoms with Crippen LogP contribution in [0.1, 0.15) is 34.6 Å². The smallest absolute Gasteiger partial charge is 0.263 e. The highest BCUT2D eigenvalue weighted by molar-refractivity contribution is 7.99. The van der Waals surface area contributed by atoms with Crippen LogP contribution in [0.15, 0.2) is 57.0 Å². The van der Waals surface area contributed by atoms with E-state index in [-0.39, 0.29) is 23.8 Å². The number of methoxy groups -OCH3 is 1. The van der Waals surface area contributed by atoms with E-state index in [1.54, 1.807) is 35.3 Å². The van der Waals surface area contributed by atoms with Crippen LogP contribution in [0.4, 0.5) is 0 Å². The molecule has 7 nitrogen and oxygen atoms in total. The maximum Gasteiger partial charge on any atom is 0.263 e. The molecule has 1 aliphatic rings. The molecule has 4 aromatic rings. The molecule has 0 saturated carbocycles. The number of hydrogen-bond donors (Lipinski definition) is 1. The van der Waals surface area contributed by atoms with Gasteiger partial charge < -0.3 is 14.5 Å². The van der Waals surface area contributed by atoms with Crippen molar-refractivity contribution in [1.29, 1.82) is 0 Å². The predicted molar refractivity (Wildman–Crippen MR) is 134 cm³/mol. The number of rotatable bonds is 8. The fraction of sp³-hybridized carbons (Fsp3) is 0.320. The Morgan fingerprint density at radius 1 is 1.24 bits per heavy atom. The standard InChI is InChI=1S/C25H25N3O4S2/c1-31-17-10-8-16(9-11-17)13-26-21(29)15-33-25-27-23-22(19-6-2-3-7-20(19)34-23)24(30)28(25)14-18-5-4-12-32-18/h4-5,8-12H,2-3,6-7,13-15H2,1H3,(H,26,29). The Labute approximate surface area is 205 Å². The summed E-state index contributed by atoms with van der Waals surface area (Å²) >= 11 is 2.90. The highest BCUT2D eigenvalue weighted by Gasteiger charge is 2.23. The second kappa shape index (κ2) is 10.1. The summed E-state index contributed by atoms with van der Waals surface area (Å²) in [6, 6.07) is 11.2. The molecule has 1 aliphatic carbocycles. The number of fused-ring (bicyclic) bond motifs is 3. The van der Waals surface area contributed by atoms with Crippen molar-refractivity contribution in [3.63, 3.8) is 0 Å². The molecular weight excluding hydrogens is 470 g/mol. The molecule has 0 saturated heterocycles. The Morgan fingerprint density at radius 2 is 2.06 bits per heavy atom. The molecule has 3 heterocycles. The van der Waals surface area contributed by atoms with Gasteiger partial charge in [-0.05, 0) is 61.1 Å². The number of carbonyl (C=O) groups excluding carboxylic acids is 1. The molecule has 0 bridgehead atoms. The number of nitrogens with one attached hydrogen (secondary N) is 1. The molecule has 3 aromatic heterocycles. The molecule has 176 valence electrons. The Balaban J connectivity index is 1.36. The number of furan rings is 1. The summed E-state index contributed by atoms with van der Waals surface area (Å²) in [6.45, 7) is 0.710. The zero-order valence-electron chi connectivity index (χ0n) is 18.8. The summed E-state index contributed by atoms with van der Waals surface area (Å²) in [7, 11) is 1.62. The zero-order chi connectivity index (χ0) is 23.5. The third-order valence-electron chi connectivity index (χ3n) is 5.91. The van der Waals surface area contributed by atoms with Gasteiger partial charge in [0.1, 0.15) is 16.3 Å². The zero-order valence-corrected chi connectivity index (χ0v) is 20.5. The Morgan fingerprint density at radius 3 is 2.82 bits per heavy atom. The van der Waals surface area contributed by atoms with E-state index in [2.05, 4.69) is 5.32 Å². The highest BCUT2D eigenvalue weighted by Crippen LogP contribution is 2.34. The fourth-order valence-electron chi connectivity index (χ4n) is 4.15. The maximum absolute atomic E-state index is 13.6. The van der Waals surface area contributed by atoms with Crippen LogP contribution in [0, 0.1) is 0 Å². The van der Waals surface area contributed by atoms with Gasteiger partial charge in [0, 0.05) is 11.4 Å². The van der Waals surface area contributed by atoms with Gasteiger partial charge >= 0.3 is 0 Å². The van der Waals surface area contributed by atoms with Gasteiger partial charge in [0.05, 0.1) is 31.1 Å². The average Bonchev–Trinajstić information content (AvgIpc) is 3.51. The van der Waals surface area contributed by atoms with E-state index >= 15 is 0 Å². The SMILES string of the molecule is COc1ccc(CNC(=O)CSc2nc3sc4c(c3c(=O)n2Cc2ccco2)CCCC4)cc1. The van der Waals surface area contributed by atoms with Crippen LogP contribution >= 0.6 is 23.1 Å². The average molecular weight is 496 g/mol. The number of amides is 1. The Hall–Kier alpha value is -3.04. The van der Waals surface area contributed by atoms with E-state index in [1.807, 2.05) is 30.3 Å². The molecule has 5 rings (SSSR count). The number of hydrogen-bond acceptors (Lipinski definition) is 7. The summed E-state index contributed by atoms with van der Waals surface area (Å²) in [4.78, 5) is 33.0. The van der Waals surface area contributed by atoms with Crippen molar-refractivity contribution < 1.29 is 13.9 Å². The maximum atomic E-state index is 13.6. The van der Waals surface area contributed by atoms with Gasteiger partial charge in [-0.1, -0.05) is 23.9 Å². The molecule has 0 unspecified atom stereocenters. The first-order chi connectivity index (χ1) is 16.6. The molecule has 0 radical (unpaired) electrons. The number of aryl methyl sites for hydroxylation is 2. The number of thioether (sulfide) groups is 1. The largest absolute Gasteiger partial charge is 0.497 e. The number of carbonyl (C=O) groups is 1. The fourth-order valence-corrected chi connectivity index (χ4v) is 6.28. The number of nitrogens with zero attached hydrogens (tertiary/aromatic N) is 2. The molecule has 0 aliphatic heterocycles. The van der Waals surface area contributed by atoms with E-state index in [9.17, 15) is 9.59 Å². The quantitative estimate of drug-likeness (QED) is 0.288. The molecular formula is C25H25N3O4S2. The monoisotopic (exact) mass is 495 g/mol. The second-order valence-corrected chi connectivity index (χ2v) is 10.2. The summed E-state index contributed by atoms with van der Waals surface area (Å²) in [5.74, 6) is 1.50. The lowest BCUT2D eigenvalue weighted by molar-refractivity contribution is -0.118. The van der Waals surface area contributed by atoms with Crippen molar-refractivity contribution in [1.82, 2.24) is 14.9 Å². The number of ether oxygens (including phenoxy) is 1. The van der Waals surface area contributed by atoms with Crippen LogP contribution in [-0.2, 0) is 30.7 Å². The Kier molecular flexibility index (Phi) is 6.73. The number of benzene rings is 1. The molecule has 0 spiro atoms. The van der Waals surface area contributed by atoms with Crippen LogP contribution in [-0.4, -0.2) is 28.3 Å². The van der Waals surface area contributed by atoms with Gasteiger partial charge in [0.15, 0.2) is 5.16 Å². The minimum absolute atomic E-state index is 0.0538. The summed E-state index contributed by atoms with van der Waals surface area (Å²) < 4.78 is 12.3. The van der Waals surface area contributed by atoms with Crippen molar-refractivity contribution in [2.75, 3.05) is 12.9 Å². The molecule has 34 heavy (non-hydrogen) atoms. The van der Waals surface area contributed by atoms with Crippen molar-refractivity contribution in [3.05, 3.63) is 74.8 Å². The van der Waals surface area contributed by atoms with E-state index in [1.165, 1.54) is 16.6 Å². The van der Waals surface area contributed by atoms with E-state index in [0.29, 0.717) is 17.5 Å². The van der Waals surface area contributed by atoms with Crippen LogP contribution in [0.5, 0.6) is 5.75 Å². The number of thiophene rings is 1. The summed E-state index contributed by atoms with van der Waals surface area (Å²) in [6.07, 6.45) is 5.77. The predicted octanol–water partition coefficient (Wildman–Crippen LogP) is 4.40. The van der Waals surface area contributed by atoms with Crippen LogP contribution < -0.4 is 15.6 Å². The van der Waals surface area contributed by atoms with Crippen molar-refractivity contribution in [3.8, 4) is 5.75 Å². The van der Waals surface area contributed by atoms with Crippen LogP contribution in [0.3, 0.4) is 0 Å².